The van der Waals surface area contributed by atoms with E-state index in [1.807, 2.05) is 62.3 Å². The molecule has 1 fully saturated rings. The first kappa shape index (κ1) is 33.7. The average molecular weight is 587 g/mol. The van der Waals surface area contributed by atoms with Crippen molar-refractivity contribution in [2.24, 2.45) is 16.2 Å². The van der Waals surface area contributed by atoms with Crippen LogP contribution in [0.25, 0.3) is 0 Å². The molecule has 41 heavy (non-hydrogen) atoms. The van der Waals surface area contributed by atoms with E-state index >= 15 is 0 Å². The molecule has 232 valence electrons. The summed E-state index contributed by atoms with van der Waals surface area (Å²) in [5.41, 5.74) is -2.67. The van der Waals surface area contributed by atoms with E-state index in [4.69, 9.17) is 33.2 Å². The van der Waals surface area contributed by atoms with Crippen LogP contribution in [0.1, 0.15) is 68.5 Å². The quantitative estimate of drug-likeness (QED) is 0.346. The fourth-order valence-corrected chi connectivity index (χ4v) is 3.27. The lowest BCUT2D eigenvalue weighted by molar-refractivity contribution is -0.0738. The van der Waals surface area contributed by atoms with Crippen molar-refractivity contribution in [3.05, 3.63) is 33.1 Å². The first-order valence-electron chi connectivity index (χ1n) is 13.2. The Morgan fingerprint density at radius 3 is 1.68 bits per heavy atom. The molecule has 0 spiro atoms. The third-order valence-corrected chi connectivity index (χ3v) is 5.11. The summed E-state index contributed by atoms with van der Waals surface area (Å²) in [6.07, 6.45) is -7.69. The van der Waals surface area contributed by atoms with Gasteiger partial charge in [-0.2, -0.15) is 0 Å². The standard InChI is InChI=1S/C27H42N2O12/c1-25(2,3)13-36-22(32)35-12-16-18(40-23(33)37-14-26(4,5)6)19(41-24(34)38-15-27(7,8)9)20(39-16)29-11-10-17(30)28-21(29)31/h10-11,16,18-20H,12-15H2,1-9H3,(H,28,30,31)/t16-,18-,19-,20-/m1/s1. The van der Waals surface area contributed by atoms with Crippen LogP contribution in [0, 0.1) is 16.2 Å². The number of carbonyl (C=O) groups excluding carboxylic acids is 3. The van der Waals surface area contributed by atoms with Crippen molar-refractivity contribution in [1.82, 2.24) is 9.55 Å². The highest BCUT2D eigenvalue weighted by Crippen LogP contribution is 2.34. The van der Waals surface area contributed by atoms with Gasteiger partial charge >= 0.3 is 24.2 Å². The SMILES string of the molecule is CC(C)(C)COC(=O)OC[C@H]1O[C@@H](n2ccc(=O)[nH]c2=O)[C@H](OC(=O)OCC(C)(C)C)[C@@H]1OC(=O)OCC(C)(C)C. The second-order valence-electron chi connectivity index (χ2n) is 13.4. The number of ether oxygens (including phenoxy) is 7. The molecule has 1 aromatic heterocycles. The first-order chi connectivity index (χ1) is 18.7. The molecule has 1 aliphatic rings. The van der Waals surface area contributed by atoms with Crippen LogP contribution < -0.4 is 11.2 Å². The molecule has 0 saturated carbocycles. The Labute approximate surface area is 238 Å². The molecule has 0 amide bonds. The van der Waals surface area contributed by atoms with Crippen LogP contribution in [0.2, 0.25) is 0 Å². The highest BCUT2D eigenvalue weighted by Gasteiger charge is 2.52. The zero-order valence-corrected chi connectivity index (χ0v) is 25.1. The molecule has 1 aromatic rings. The molecule has 14 heteroatoms. The van der Waals surface area contributed by atoms with Crippen LogP contribution in [0.3, 0.4) is 0 Å². The molecule has 14 nitrogen and oxygen atoms in total. The molecule has 1 aliphatic heterocycles. The van der Waals surface area contributed by atoms with Gasteiger partial charge in [0.2, 0.25) is 0 Å². The predicted molar refractivity (Wildman–Crippen MR) is 143 cm³/mol. The van der Waals surface area contributed by atoms with Crippen LogP contribution in [-0.4, -0.2) is 72.8 Å². The maximum Gasteiger partial charge on any atom is 0.508 e. The number of nitrogens with zero attached hydrogens (tertiary/aromatic N) is 1. The minimum Gasteiger partial charge on any atom is -0.434 e. The Balaban J connectivity index is 2.38. The number of carbonyl (C=O) groups is 3. The second-order valence-corrected chi connectivity index (χ2v) is 13.4. The molecule has 0 aliphatic carbocycles. The molecule has 0 aromatic carbocycles. The zero-order chi connectivity index (χ0) is 31.2. The van der Waals surface area contributed by atoms with E-state index in [1.165, 1.54) is 0 Å². The average Bonchev–Trinajstić information content (AvgIpc) is 3.14. The van der Waals surface area contributed by atoms with E-state index in [2.05, 4.69) is 4.98 Å². The van der Waals surface area contributed by atoms with E-state index in [0.29, 0.717) is 0 Å². The van der Waals surface area contributed by atoms with Crippen molar-refractivity contribution >= 4 is 18.5 Å². The molecule has 2 heterocycles. The van der Waals surface area contributed by atoms with Crippen molar-refractivity contribution in [3.63, 3.8) is 0 Å². The van der Waals surface area contributed by atoms with E-state index in [1.54, 1.807) is 0 Å². The highest BCUT2D eigenvalue weighted by atomic mass is 16.8. The largest absolute Gasteiger partial charge is 0.508 e. The monoisotopic (exact) mass is 586 g/mol. The van der Waals surface area contributed by atoms with Gasteiger partial charge < -0.3 is 33.2 Å². The second kappa shape index (κ2) is 13.4. The van der Waals surface area contributed by atoms with E-state index in [0.717, 1.165) is 16.8 Å². The smallest absolute Gasteiger partial charge is 0.434 e. The molecule has 4 atom stereocenters. The summed E-state index contributed by atoms with van der Waals surface area (Å²) >= 11 is 0. The lowest BCUT2D eigenvalue weighted by Gasteiger charge is -2.26. The van der Waals surface area contributed by atoms with Crippen molar-refractivity contribution in [2.75, 3.05) is 26.4 Å². The van der Waals surface area contributed by atoms with Gasteiger partial charge in [0.15, 0.2) is 18.4 Å². The van der Waals surface area contributed by atoms with Gasteiger partial charge in [0.1, 0.15) is 12.7 Å². The van der Waals surface area contributed by atoms with Crippen molar-refractivity contribution in [1.29, 1.82) is 0 Å². The molecule has 0 radical (unpaired) electrons. The number of hydrogen-bond acceptors (Lipinski definition) is 12. The highest BCUT2D eigenvalue weighted by molar-refractivity contribution is 5.62. The molecule has 2 rings (SSSR count). The van der Waals surface area contributed by atoms with Crippen molar-refractivity contribution in [3.8, 4) is 0 Å². The van der Waals surface area contributed by atoms with Gasteiger partial charge in [0.05, 0.1) is 19.8 Å². The Bertz CT molecular complexity index is 1170. The van der Waals surface area contributed by atoms with Gasteiger partial charge in [0, 0.05) is 12.3 Å². The summed E-state index contributed by atoms with van der Waals surface area (Å²) in [6.45, 7) is 16.2. The Morgan fingerprint density at radius 2 is 1.22 bits per heavy atom. The molecule has 1 N–H and O–H groups in total. The van der Waals surface area contributed by atoms with Gasteiger partial charge in [-0.25, -0.2) is 19.2 Å². The minimum atomic E-state index is -1.48. The molecule has 0 bridgehead atoms. The Kier molecular flexibility index (Phi) is 11.0. The van der Waals surface area contributed by atoms with E-state index in [-0.39, 0.29) is 30.7 Å². The van der Waals surface area contributed by atoms with Gasteiger partial charge in [-0.1, -0.05) is 62.3 Å². The van der Waals surface area contributed by atoms with Gasteiger partial charge in [-0.05, 0) is 16.2 Å². The fourth-order valence-electron chi connectivity index (χ4n) is 3.27. The summed E-state index contributed by atoms with van der Waals surface area (Å²) in [5, 5.41) is 0. The zero-order valence-electron chi connectivity index (χ0n) is 25.1. The van der Waals surface area contributed by atoms with Crippen LogP contribution in [0.4, 0.5) is 14.4 Å². The fraction of sp³-hybridized carbons (Fsp3) is 0.741. The summed E-state index contributed by atoms with van der Waals surface area (Å²) in [4.78, 5) is 64.0. The summed E-state index contributed by atoms with van der Waals surface area (Å²) < 4.78 is 38.6. The number of aromatic amines is 1. The third kappa shape index (κ3) is 11.8. The Hall–Kier alpha value is -3.55. The molecular formula is C27H42N2O12. The van der Waals surface area contributed by atoms with Gasteiger partial charge in [-0.15, -0.1) is 0 Å². The predicted octanol–water partition coefficient (Wildman–Crippen LogP) is 3.77. The molecule has 1 saturated heterocycles. The number of hydrogen-bond donors (Lipinski definition) is 1. The third-order valence-electron chi connectivity index (χ3n) is 5.11. The maximum absolute atomic E-state index is 12.7. The van der Waals surface area contributed by atoms with Gasteiger partial charge in [0.25, 0.3) is 5.56 Å². The lowest BCUT2D eigenvalue weighted by atomic mass is 9.99. The number of rotatable bonds is 8. The van der Waals surface area contributed by atoms with Crippen molar-refractivity contribution < 1.29 is 47.5 Å². The minimum absolute atomic E-state index is 0.00165. The first-order valence-corrected chi connectivity index (χ1v) is 13.2. The number of nitrogens with one attached hydrogen (secondary N) is 1. The number of aromatic nitrogens is 2. The van der Waals surface area contributed by atoms with Gasteiger partial charge in [-0.3, -0.25) is 14.3 Å². The van der Waals surface area contributed by atoms with Crippen LogP contribution in [0.5, 0.6) is 0 Å². The van der Waals surface area contributed by atoms with Crippen LogP contribution in [0.15, 0.2) is 21.9 Å². The summed E-state index contributed by atoms with van der Waals surface area (Å²) in [5.74, 6) is 0. The van der Waals surface area contributed by atoms with Crippen LogP contribution >= 0.6 is 0 Å². The Morgan fingerprint density at radius 1 is 0.756 bits per heavy atom. The summed E-state index contributed by atoms with van der Waals surface area (Å²) in [6, 6.07) is 1.06. The summed E-state index contributed by atoms with van der Waals surface area (Å²) in [7, 11) is 0. The molecular weight excluding hydrogens is 544 g/mol. The lowest BCUT2D eigenvalue weighted by Crippen LogP contribution is -2.43. The van der Waals surface area contributed by atoms with E-state index in [9.17, 15) is 24.0 Å². The number of H-pyrrole nitrogens is 1. The van der Waals surface area contributed by atoms with Crippen LogP contribution in [-0.2, 0) is 33.2 Å². The maximum atomic E-state index is 12.7. The van der Waals surface area contributed by atoms with Crippen molar-refractivity contribution in [2.45, 2.75) is 86.9 Å². The van der Waals surface area contributed by atoms with E-state index < -0.39 is 66.3 Å². The molecule has 0 unspecified atom stereocenters. The topological polar surface area (TPSA) is 171 Å². The normalized spacial score (nSPS) is 21.1.